The number of hydrogen-bond donors (Lipinski definition) is 3. The van der Waals surface area contributed by atoms with E-state index < -0.39 is 28.5 Å². The molecule has 0 saturated carbocycles. The van der Waals surface area contributed by atoms with Gasteiger partial charge in [-0.05, 0) is 48.1 Å². The van der Waals surface area contributed by atoms with Gasteiger partial charge in [-0.1, -0.05) is 12.1 Å². The van der Waals surface area contributed by atoms with Gasteiger partial charge in [-0.15, -0.1) is 11.3 Å². The van der Waals surface area contributed by atoms with E-state index in [0.717, 1.165) is 28.0 Å². The first kappa shape index (κ1) is 25.8. The summed E-state index contributed by atoms with van der Waals surface area (Å²) in [6.07, 6.45) is 0.380. The fourth-order valence-corrected chi connectivity index (χ4v) is 5.90. The summed E-state index contributed by atoms with van der Waals surface area (Å²) in [4.78, 5) is 38.2. The van der Waals surface area contributed by atoms with E-state index >= 15 is 0 Å². The number of carbonyl (C=O) groups is 3. The fourth-order valence-electron chi connectivity index (χ4n) is 3.04. The summed E-state index contributed by atoms with van der Waals surface area (Å²) in [5.74, 6) is -0.0925. The smallest absolute Gasteiger partial charge is 0.305 e. The second-order valence-electron chi connectivity index (χ2n) is 7.31. The number of fused-ring (bicyclic) bond motifs is 1. The van der Waals surface area contributed by atoms with Crippen molar-refractivity contribution >= 4 is 61.5 Å². The fraction of sp³-hybridized carbons (Fsp3) is 0.273. The number of carbonyl (C=O) groups excluding carboxylic acids is 2. The molecular weight excluding hydrogens is 498 g/mol. The largest absolute Gasteiger partial charge is 0.481 e. The first-order valence-corrected chi connectivity index (χ1v) is 13.8. The molecule has 0 bridgehead atoms. The van der Waals surface area contributed by atoms with E-state index in [9.17, 15) is 22.8 Å². The molecule has 34 heavy (non-hydrogen) atoms. The van der Waals surface area contributed by atoms with Gasteiger partial charge in [0.25, 0.3) is 5.91 Å². The predicted octanol–water partition coefficient (Wildman–Crippen LogP) is 2.67. The standard InChI is InChI=1S/C22H23N3O6S3/c26-12-17(11-21(27)28)25-34(30,31)18-4-1-3-15(9-18)13-32-8-2-7-23-22(29)16-5-6-19-20(10-16)33-14-24-19/h1,3-6,9-10,12,14,17,25H,2,7-8,11,13H2,(H,23,29)(H,27,28). The maximum absolute atomic E-state index is 12.5. The molecule has 0 saturated heterocycles. The number of hydrogen-bond acceptors (Lipinski definition) is 8. The Morgan fingerprint density at radius 3 is 2.79 bits per heavy atom. The molecule has 0 aliphatic heterocycles. The highest BCUT2D eigenvalue weighted by molar-refractivity contribution is 7.98. The average Bonchev–Trinajstić information content (AvgIpc) is 3.28. The number of carboxylic acid groups (broad SMARTS) is 1. The third kappa shape index (κ3) is 7.35. The van der Waals surface area contributed by atoms with Crippen LogP contribution in [0.3, 0.4) is 0 Å². The number of amides is 1. The molecule has 3 rings (SSSR count). The maximum Gasteiger partial charge on any atom is 0.305 e. The second kappa shape index (κ2) is 12.1. The Morgan fingerprint density at radius 1 is 1.21 bits per heavy atom. The molecule has 1 amide bonds. The number of aldehydes is 1. The number of nitrogens with zero attached hydrogens (tertiary/aromatic N) is 1. The summed E-state index contributed by atoms with van der Waals surface area (Å²) in [5.41, 5.74) is 3.98. The van der Waals surface area contributed by atoms with Gasteiger partial charge in [-0.2, -0.15) is 11.8 Å². The Morgan fingerprint density at radius 2 is 2.03 bits per heavy atom. The van der Waals surface area contributed by atoms with E-state index in [1.807, 2.05) is 12.1 Å². The molecule has 0 aliphatic carbocycles. The van der Waals surface area contributed by atoms with Crippen molar-refractivity contribution in [3.63, 3.8) is 0 Å². The lowest BCUT2D eigenvalue weighted by Crippen LogP contribution is -2.37. The van der Waals surface area contributed by atoms with Crippen molar-refractivity contribution in [2.24, 2.45) is 0 Å². The first-order chi connectivity index (χ1) is 16.3. The monoisotopic (exact) mass is 521 g/mol. The Bertz CT molecular complexity index is 1280. The van der Waals surface area contributed by atoms with Crippen LogP contribution in [0.25, 0.3) is 10.2 Å². The average molecular weight is 522 g/mol. The van der Waals surface area contributed by atoms with Crippen LogP contribution in [0.2, 0.25) is 0 Å². The quantitative estimate of drug-likeness (QED) is 0.230. The van der Waals surface area contributed by atoms with Gasteiger partial charge in [0, 0.05) is 17.9 Å². The van der Waals surface area contributed by atoms with Crippen molar-refractivity contribution in [2.45, 2.75) is 29.5 Å². The molecule has 1 atom stereocenters. The highest BCUT2D eigenvalue weighted by Crippen LogP contribution is 2.20. The molecule has 1 heterocycles. The van der Waals surface area contributed by atoms with Gasteiger partial charge >= 0.3 is 5.97 Å². The van der Waals surface area contributed by atoms with Crippen LogP contribution in [0.5, 0.6) is 0 Å². The van der Waals surface area contributed by atoms with Crippen LogP contribution in [0.15, 0.2) is 52.9 Å². The lowest BCUT2D eigenvalue weighted by atomic mass is 10.2. The molecule has 0 aliphatic rings. The number of rotatable bonds is 13. The number of benzene rings is 2. The summed E-state index contributed by atoms with van der Waals surface area (Å²) in [6, 6.07) is 10.3. The van der Waals surface area contributed by atoms with Gasteiger partial charge in [0.15, 0.2) is 0 Å². The molecule has 0 fully saturated rings. The Hall–Kier alpha value is -2.80. The number of aromatic nitrogens is 1. The van der Waals surface area contributed by atoms with Crippen LogP contribution < -0.4 is 10.0 Å². The highest BCUT2D eigenvalue weighted by atomic mass is 32.2. The Kier molecular flexibility index (Phi) is 9.16. The van der Waals surface area contributed by atoms with Gasteiger partial charge in [-0.25, -0.2) is 18.1 Å². The van der Waals surface area contributed by atoms with E-state index in [1.54, 1.807) is 35.5 Å². The van der Waals surface area contributed by atoms with E-state index in [4.69, 9.17) is 5.11 Å². The number of thiazole rings is 1. The predicted molar refractivity (Wildman–Crippen MR) is 132 cm³/mol. The summed E-state index contributed by atoms with van der Waals surface area (Å²) in [5, 5.41) is 11.7. The Balaban J connectivity index is 1.43. The van der Waals surface area contributed by atoms with Crippen LogP contribution in [-0.4, -0.2) is 55.0 Å². The van der Waals surface area contributed by atoms with Gasteiger partial charge in [0.1, 0.15) is 6.29 Å². The van der Waals surface area contributed by atoms with Crippen molar-refractivity contribution in [1.82, 2.24) is 15.0 Å². The van der Waals surface area contributed by atoms with Gasteiger partial charge < -0.3 is 15.2 Å². The van der Waals surface area contributed by atoms with Crippen LogP contribution in [-0.2, 0) is 25.4 Å². The van der Waals surface area contributed by atoms with Crippen molar-refractivity contribution in [2.75, 3.05) is 12.3 Å². The second-order valence-corrected chi connectivity index (χ2v) is 11.0. The number of nitrogens with one attached hydrogen (secondary N) is 2. The molecule has 3 aromatic rings. The molecule has 1 unspecified atom stereocenters. The van der Waals surface area contributed by atoms with Crippen molar-refractivity contribution < 1.29 is 27.9 Å². The van der Waals surface area contributed by atoms with Crippen molar-refractivity contribution in [3.8, 4) is 0 Å². The minimum Gasteiger partial charge on any atom is -0.481 e. The number of thioether (sulfide) groups is 1. The summed E-state index contributed by atoms with van der Waals surface area (Å²) in [6.45, 7) is 0.515. The number of carboxylic acids is 1. The molecule has 2 aromatic carbocycles. The van der Waals surface area contributed by atoms with E-state index in [2.05, 4.69) is 15.0 Å². The lowest BCUT2D eigenvalue weighted by molar-refractivity contribution is -0.138. The van der Waals surface area contributed by atoms with Crippen LogP contribution in [0.1, 0.15) is 28.8 Å². The Labute approximate surface area is 205 Å². The molecular formula is C22H23N3O6S3. The first-order valence-electron chi connectivity index (χ1n) is 10.3. The van der Waals surface area contributed by atoms with E-state index in [1.165, 1.54) is 23.5 Å². The zero-order valence-corrected chi connectivity index (χ0v) is 20.4. The third-order valence-electron chi connectivity index (χ3n) is 4.69. The molecule has 0 spiro atoms. The molecule has 180 valence electrons. The SMILES string of the molecule is O=CC(CC(=O)O)NS(=O)(=O)c1cccc(CSCCCNC(=O)c2ccc3ncsc3c2)c1. The maximum atomic E-state index is 12.5. The molecule has 12 heteroatoms. The van der Waals surface area contributed by atoms with Crippen molar-refractivity contribution in [1.29, 1.82) is 0 Å². The molecule has 3 N–H and O–H groups in total. The summed E-state index contributed by atoms with van der Waals surface area (Å²) in [7, 11) is -4.03. The van der Waals surface area contributed by atoms with E-state index in [0.29, 0.717) is 17.9 Å². The normalized spacial score (nSPS) is 12.4. The number of aliphatic carboxylic acids is 1. The van der Waals surface area contributed by atoms with Crippen molar-refractivity contribution in [3.05, 3.63) is 59.1 Å². The molecule has 9 nitrogen and oxygen atoms in total. The highest BCUT2D eigenvalue weighted by Gasteiger charge is 2.22. The van der Waals surface area contributed by atoms with Gasteiger partial charge in [0.05, 0.1) is 33.1 Å². The summed E-state index contributed by atoms with van der Waals surface area (Å²) < 4.78 is 28.0. The zero-order valence-electron chi connectivity index (χ0n) is 18.0. The van der Waals surface area contributed by atoms with Crippen LogP contribution in [0.4, 0.5) is 0 Å². The minimum atomic E-state index is -4.03. The topological polar surface area (TPSA) is 143 Å². The van der Waals surface area contributed by atoms with Crippen LogP contribution in [0, 0.1) is 0 Å². The minimum absolute atomic E-state index is 0.0342. The lowest BCUT2D eigenvalue weighted by Gasteiger charge is -2.12. The van der Waals surface area contributed by atoms with Gasteiger partial charge in [0.2, 0.25) is 10.0 Å². The zero-order chi connectivity index (χ0) is 24.6. The van der Waals surface area contributed by atoms with Gasteiger partial charge in [-0.3, -0.25) is 9.59 Å². The molecule has 1 aromatic heterocycles. The van der Waals surface area contributed by atoms with Crippen LogP contribution >= 0.6 is 23.1 Å². The van der Waals surface area contributed by atoms with E-state index in [-0.39, 0.29) is 17.1 Å². The molecule has 0 radical (unpaired) electrons. The number of sulfonamides is 1. The summed E-state index contributed by atoms with van der Waals surface area (Å²) >= 11 is 3.08. The third-order valence-corrected chi connectivity index (χ3v) is 8.08.